The molecule has 1 aromatic heterocycles. The number of nitrogens with zero attached hydrogens (tertiary/aromatic N) is 4. The number of ether oxygens (including phenoxy) is 2. The van der Waals surface area contributed by atoms with Gasteiger partial charge in [-0.1, -0.05) is 6.07 Å². The maximum absolute atomic E-state index is 13.0. The van der Waals surface area contributed by atoms with Crippen molar-refractivity contribution in [2.75, 3.05) is 37.7 Å². The molecule has 10 nitrogen and oxygen atoms in total. The monoisotopic (exact) mass is 595 g/mol. The first-order valence-electron chi connectivity index (χ1n) is 15.9. The first-order valence-corrected chi connectivity index (χ1v) is 15.9. The molecule has 10 heteroatoms. The number of hydrogen-bond donors (Lipinski definition) is 1. The smallest absolute Gasteiger partial charge is 0.255 e. The maximum Gasteiger partial charge on any atom is 0.255 e. The number of benzene rings is 2. The average molecular weight is 596 g/mol. The van der Waals surface area contributed by atoms with Crippen molar-refractivity contribution >= 4 is 34.4 Å². The van der Waals surface area contributed by atoms with Crippen LogP contribution in [-0.2, 0) is 27.4 Å². The van der Waals surface area contributed by atoms with Crippen LogP contribution in [0.25, 0.3) is 10.9 Å². The van der Waals surface area contributed by atoms with E-state index in [1.807, 2.05) is 12.1 Å². The normalized spacial score (nSPS) is 27.1. The van der Waals surface area contributed by atoms with E-state index in [-0.39, 0.29) is 29.9 Å². The van der Waals surface area contributed by atoms with E-state index in [0.29, 0.717) is 18.5 Å². The summed E-state index contributed by atoms with van der Waals surface area (Å²) in [5.74, 6) is 0.955. The van der Waals surface area contributed by atoms with Crippen LogP contribution in [0.1, 0.15) is 60.0 Å². The van der Waals surface area contributed by atoms with E-state index in [1.165, 1.54) is 18.4 Å². The van der Waals surface area contributed by atoms with E-state index < -0.39 is 11.9 Å². The highest BCUT2D eigenvalue weighted by molar-refractivity contribution is 6.05. The van der Waals surface area contributed by atoms with Crippen molar-refractivity contribution in [1.29, 1.82) is 0 Å². The van der Waals surface area contributed by atoms with Crippen LogP contribution in [-0.4, -0.2) is 83.0 Å². The fourth-order valence-electron chi connectivity index (χ4n) is 7.83. The van der Waals surface area contributed by atoms with Gasteiger partial charge in [0.05, 0.1) is 17.7 Å². The third kappa shape index (κ3) is 4.90. The second-order valence-corrected chi connectivity index (χ2v) is 13.0. The molecule has 5 aliphatic heterocycles. The molecule has 0 aliphatic carbocycles. The fourth-order valence-corrected chi connectivity index (χ4v) is 7.83. The van der Waals surface area contributed by atoms with E-state index in [9.17, 15) is 14.4 Å². The minimum atomic E-state index is -0.613. The summed E-state index contributed by atoms with van der Waals surface area (Å²) in [6, 6.07) is 15.9. The predicted molar refractivity (Wildman–Crippen MR) is 163 cm³/mol. The first kappa shape index (κ1) is 27.5. The molecule has 0 bridgehead atoms. The number of likely N-dealkylation sites (tertiary alicyclic amines) is 1. The summed E-state index contributed by atoms with van der Waals surface area (Å²) in [5, 5.41) is 3.52. The zero-order chi connectivity index (χ0) is 29.8. The molecule has 228 valence electrons. The van der Waals surface area contributed by atoms with Crippen LogP contribution in [0.5, 0.6) is 5.75 Å². The maximum atomic E-state index is 13.0. The molecule has 6 heterocycles. The Morgan fingerprint density at radius 3 is 2.82 bits per heavy atom. The summed E-state index contributed by atoms with van der Waals surface area (Å²) in [4.78, 5) is 48.4. The molecule has 5 aliphatic rings. The van der Waals surface area contributed by atoms with Gasteiger partial charge in [-0.25, -0.2) is 4.98 Å². The lowest BCUT2D eigenvalue weighted by Gasteiger charge is -2.34. The number of aromatic nitrogens is 1. The summed E-state index contributed by atoms with van der Waals surface area (Å²) in [6.45, 7) is 5.67. The van der Waals surface area contributed by atoms with Crippen LogP contribution in [0, 0.1) is 0 Å². The molecule has 3 aromatic rings. The van der Waals surface area contributed by atoms with Crippen molar-refractivity contribution in [3.05, 3.63) is 65.2 Å². The number of anilines is 1. The van der Waals surface area contributed by atoms with Gasteiger partial charge in [-0.2, -0.15) is 0 Å². The molecule has 1 spiro atoms. The van der Waals surface area contributed by atoms with E-state index in [0.717, 1.165) is 80.3 Å². The third-order valence-corrected chi connectivity index (χ3v) is 10.1. The molecule has 3 atom stereocenters. The quantitative estimate of drug-likeness (QED) is 0.433. The molecule has 4 saturated heterocycles. The van der Waals surface area contributed by atoms with Crippen LogP contribution in [0.2, 0.25) is 0 Å². The summed E-state index contributed by atoms with van der Waals surface area (Å²) in [7, 11) is 0. The van der Waals surface area contributed by atoms with Crippen LogP contribution in [0.3, 0.4) is 0 Å². The number of imide groups is 1. The van der Waals surface area contributed by atoms with E-state index in [1.54, 1.807) is 11.0 Å². The number of nitrogens with one attached hydrogen (secondary N) is 1. The van der Waals surface area contributed by atoms with Gasteiger partial charge in [0.15, 0.2) is 0 Å². The standard InChI is InChI=1S/C34H37N5O5/c40-31-9-7-29(32(41)36-31)38-19-24-17-25(4-5-27(24)33(38)42)44-26-10-14-37(20-26)18-22-2-6-28-23(16-22)3-8-30(35-28)39-13-1-11-34(39)12-15-43-21-34/h2-6,8,16-17,26,29H,1,7,9-15,18-21H2,(H,36,40,41)/t26-,29?,34+/m0/s1. The Balaban J connectivity index is 0.889. The summed E-state index contributed by atoms with van der Waals surface area (Å²) >= 11 is 0. The number of fused-ring (bicyclic) bond motifs is 2. The molecule has 44 heavy (non-hydrogen) atoms. The van der Waals surface area contributed by atoms with Crippen LogP contribution in [0.4, 0.5) is 5.82 Å². The average Bonchev–Trinajstić information content (AvgIpc) is 3.82. The molecule has 0 saturated carbocycles. The molecule has 3 amide bonds. The van der Waals surface area contributed by atoms with E-state index >= 15 is 0 Å². The van der Waals surface area contributed by atoms with Crippen molar-refractivity contribution in [2.24, 2.45) is 0 Å². The molecular weight excluding hydrogens is 558 g/mol. The topological polar surface area (TPSA) is 104 Å². The van der Waals surface area contributed by atoms with Crippen molar-refractivity contribution < 1.29 is 23.9 Å². The van der Waals surface area contributed by atoms with Gasteiger partial charge in [0.25, 0.3) is 5.91 Å². The minimum absolute atomic E-state index is 0.0634. The Morgan fingerprint density at radius 1 is 1.02 bits per heavy atom. The highest BCUT2D eigenvalue weighted by atomic mass is 16.5. The van der Waals surface area contributed by atoms with Gasteiger partial charge in [-0.3, -0.25) is 24.6 Å². The number of pyridine rings is 1. The second kappa shape index (κ2) is 10.9. The van der Waals surface area contributed by atoms with E-state index in [4.69, 9.17) is 14.5 Å². The molecule has 1 unspecified atom stereocenters. The summed E-state index contributed by atoms with van der Waals surface area (Å²) in [5.41, 5.74) is 3.87. The lowest BCUT2D eigenvalue weighted by Crippen LogP contribution is -2.52. The van der Waals surface area contributed by atoms with Gasteiger partial charge < -0.3 is 19.3 Å². The molecule has 4 fully saturated rings. The highest BCUT2D eigenvalue weighted by Crippen LogP contribution is 2.39. The number of rotatable bonds is 6. The van der Waals surface area contributed by atoms with Gasteiger partial charge >= 0.3 is 0 Å². The fraction of sp³-hybridized carbons (Fsp3) is 0.471. The van der Waals surface area contributed by atoms with Crippen LogP contribution in [0.15, 0.2) is 48.5 Å². The number of amides is 3. The largest absolute Gasteiger partial charge is 0.489 e. The summed E-state index contributed by atoms with van der Waals surface area (Å²) in [6.07, 6.45) is 5.05. The van der Waals surface area contributed by atoms with Gasteiger partial charge in [0.1, 0.15) is 23.7 Å². The SMILES string of the molecule is O=C1CCC(N2Cc3cc(O[C@H]4CCN(Cc5ccc6nc(N7CCC[C@]78CCOC8)ccc6c5)C4)ccc3C2=O)C(=O)N1. The van der Waals surface area contributed by atoms with Gasteiger partial charge in [-0.05, 0) is 85.7 Å². The Kier molecular flexibility index (Phi) is 6.79. The zero-order valence-electron chi connectivity index (χ0n) is 24.8. The van der Waals surface area contributed by atoms with Gasteiger partial charge in [0.2, 0.25) is 11.8 Å². The lowest BCUT2D eigenvalue weighted by molar-refractivity contribution is -0.136. The van der Waals surface area contributed by atoms with Gasteiger partial charge in [-0.15, -0.1) is 0 Å². The lowest BCUT2D eigenvalue weighted by atomic mass is 9.95. The van der Waals surface area contributed by atoms with Gasteiger partial charge in [0, 0.05) is 56.7 Å². The summed E-state index contributed by atoms with van der Waals surface area (Å²) < 4.78 is 12.1. The first-order chi connectivity index (χ1) is 21.4. The van der Waals surface area contributed by atoms with Crippen LogP contribution >= 0.6 is 0 Å². The molecule has 2 aromatic carbocycles. The Morgan fingerprint density at radius 2 is 1.95 bits per heavy atom. The van der Waals surface area contributed by atoms with E-state index in [2.05, 4.69) is 45.4 Å². The molecule has 1 N–H and O–H groups in total. The predicted octanol–water partition coefficient (Wildman–Crippen LogP) is 3.41. The highest BCUT2D eigenvalue weighted by Gasteiger charge is 2.44. The molecular formula is C34H37N5O5. The number of carbonyl (C=O) groups excluding carboxylic acids is 3. The molecule has 8 rings (SSSR count). The number of carbonyl (C=O) groups is 3. The Hall–Kier alpha value is -4.02. The Bertz CT molecular complexity index is 1650. The number of hydrogen-bond acceptors (Lipinski definition) is 8. The molecule has 0 radical (unpaired) electrons. The van der Waals surface area contributed by atoms with Crippen molar-refractivity contribution in [3.63, 3.8) is 0 Å². The van der Waals surface area contributed by atoms with Crippen LogP contribution < -0.4 is 15.0 Å². The van der Waals surface area contributed by atoms with Crippen molar-refractivity contribution in [1.82, 2.24) is 20.1 Å². The number of piperidine rings is 1. The third-order valence-electron chi connectivity index (χ3n) is 10.1. The van der Waals surface area contributed by atoms with Crippen molar-refractivity contribution in [2.45, 2.75) is 69.3 Å². The zero-order valence-corrected chi connectivity index (χ0v) is 24.8. The Labute approximate surface area is 256 Å². The minimum Gasteiger partial charge on any atom is -0.489 e. The second-order valence-electron chi connectivity index (χ2n) is 13.0. The van der Waals surface area contributed by atoms with Crippen molar-refractivity contribution in [3.8, 4) is 5.75 Å².